The number of nitrogens with one attached hydrogen (secondary N) is 1. The lowest BCUT2D eigenvalue weighted by molar-refractivity contribution is -0.137. The predicted molar refractivity (Wildman–Crippen MR) is 94.5 cm³/mol. The minimum atomic E-state index is -4.30. The van der Waals surface area contributed by atoms with E-state index in [-0.39, 0.29) is 0 Å². The minimum absolute atomic E-state index is 0.502. The van der Waals surface area contributed by atoms with Crippen molar-refractivity contribution < 1.29 is 13.2 Å². The molecule has 4 nitrogen and oxygen atoms in total. The summed E-state index contributed by atoms with van der Waals surface area (Å²) in [6.07, 6.45) is -1.88. The van der Waals surface area contributed by atoms with Crippen LogP contribution in [0.5, 0.6) is 0 Å². The van der Waals surface area contributed by atoms with Crippen molar-refractivity contribution in [2.45, 2.75) is 25.6 Å². The van der Waals surface area contributed by atoms with Gasteiger partial charge >= 0.3 is 6.18 Å². The highest BCUT2D eigenvalue weighted by Crippen LogP contribution is 2.29. The molecular weight excluding hydrogens is 329 g/mol. The number of nitrogens with zero attached hydrogens (tertiary/aromatic N) is 3. The average molecular weight is 356 g/mol. The first kappa shape index (κ1) is 19.6. The second-order valence-electron chi connectivity index (χ2n) is 6.75. The van der Waals surface area contributed by atoms with Crippen LogP contribution >= 0.6 is 0 Å². The van der Waals surface area contributed by atoms with Crippen molar-refractivity contribution in [2.75, 3.05) is 40.8 Å². The van der Waals surface area contributed by atoms with Crippen LogP contribution in [0.15, 0.2) is 29.3 Å². The van der Waals surface area contributed by atoms with Crippen LogP contribution in [0, 0.1) is 5.92 Å². The van der Waals surface area contributed by atoms with E-state index in [9.17, 15) is 13.2 Å². The highest BCUT2D eigenvalue weighted by molar-refractivity contribution is 5.79. The molecule has 2 rings (SSSR count). The lowest BCUT2D eigenvalue weighted by atomic mass is 9.98. The molecule has 1 aliphatic heterocycles. The Bertz CT molecular complexity index is 569. The molecule has 0 spiro atoms. The van der Waals surface area contributed by atoms with Gasteiger partial charge in [0.05, 0.1) is 5.56 Å². The molecule has 1 N–H and O–H groups in total. The summed E-state index contributed by atoms with van der Waals surface area (Å²) >= 11 is 0. The van der Waals surface area contributed by atoms with Gasteiger partial charge in [-0.25, -0.2) is 0 Å². The molecule has 1 unspecified atom stereocenters. The number of aliphatic imine (C=N–C) groups is 1. The molecule has 1 fully saturated rings. The molecular formula is C18H27F3N4. The van der Waals surface area contributed by atoms with Gasteiger partial charge in [-0.2, -0.15) is 13.2 Å². The van der Waals surface area contributed by atoms with E-state index >= 15 is 0 Å². The maximum atomic E-state index is 12.6. The number of alkyl halides is 3. The van der Waals surface area contributed by atoms with Crippen LogP contribution in [0.25, 0.3) is 0 Å². The van der Waals surface area contributed by atoms with Gasteiger partial charge < -0.3 is 15.1 Å². The number of benzene rings is 1. The van der Waals surface area contributed by atoms with E-state index in [4.69, 9.17) is 0 Å². The third-order valence-electron chi connectivity index (χ3n) is 4.55. The molecule has 1 atom stereocenters. The maximum absolute atomic E-state index is 12.6. The third kappa shape index (κ3) is 5.92. The van der Waals surface area contributed by atoms with Crippen molar-refractivity contribution in [3.63, 3.8) is 0 Å². The Balaban J connectivity index is 1.88. The second kappa shape index (κ2) is 8.56. The van der Waals surface area contributed by atoms with E-state index in [1.165, 1.54) is 25.0 Å². The predicted octanol–water partition coefficient (Wildman–Crippen LogP) is 3.05. The number of guanidine groups is 1. The van der Waals surface area contributed by atoms with Crippen LogP contribution in [0.4, 0.5) is 13.2 Å². The van der Waals surface area contributed by atoms with Gasteiger partial charge in [0.2, 0.25) is 0 Å². The summed E-state index contributed by atoms with van der Waals surface area (Å²) in [7, 11) is 5.75. The first-order valence-electron chi connectivity index (χ1n) is 8.56. The van der Waals surface area contributed by atoms with Crippen molar-refractivity contribution in [1.29, 1.82) is 0 Å². The Hall–Kier alpha value is -1.76. The lowest BCUT2D eigenvalue weighted by Gasteiger charge is -2.31. The average Bonchev–Trinajstić information content (AvgIpc) is 2.55. The van der Waals surface area contributed by atoms with Crippen LogP contribution < -0.4 is 5.32 Å². The minimum Gasteiger partial charge on any atom is -0.356 e. The summed E-state index contributed by atoms with van der Waals surface area (Å²) in [6.45, 7) is 3.59. The van der Waals surface area contributed by atoms with Crippen LogP contribution in [0.3, 0.4) is 0 Å². The summed E-state index contributed by atoms with van der Waals surface area (Å²) in [5, 5.41) is 3.38. The Morgan fingerprint density at radius 1 is 1.32 bits per heavy atom. The largest absolute Gasteiger partial charge is 0.416 e. The van der Waals surface area contributed by atoms with Gasteiger partial charge in [-0.15, -0.1) is 0 Å². The molecule has 0 amide bonds. The summed E-state index contributed by atoms with van der Waals surface area (Å²) < 4.78 is 37.9. The van der Waals surface area contributed by atoms with Gasteiger partial charge in [0.1, 0.15) is 0 Å². The zero-order chi connectivity index (χ0) is 18.4. The smallest absolute Gasteiger partial charge is 0.356 e. The third-order valence-corrected chi connectivity index (χ3v) is 4.55. The lowest BCUT2D eigenvalue weighted by Crippen LogP contribution is -2.44. The fraction of sp³-hybridized carbons (Fsp3) is 0.611. The molecule has 0 aliphatic carbocycles. The van der Waals surface area contributed by atoms with Crippen LogP contribution in [0.2, 0.25) is 0 Å². The number of likely N-dealkylation sites (tertiary alicyclic amines) is 1. The number of hydrogen-bond acceptors (Lipinski definition) is 2. The van der Waals surface area contributed by atoms with Crippen molar-refractivity contribution >= 4 is 5.96 Å². The van der Waals surface area contributed by atoms with Crippen LogP contribution in [-0.2, 0) is 12.7 Å². The van der Waals surface area contributed by atoms with E-state index in [1.807, 2.05) is 11.9 Å². The standard InChI is InChI=1S/C18H27F3N4/c1-22-17(23-11-15-5-4-10-24(2)12-15)25(3)13-14-6-8-16(9-7-14)18(19,20)21/h6-9,15H,4-5,10-13H2,1-3H3,(H,22,23). The Labute approximate surface area is 147 Å². The van der Waals surface area contributed by atoms with E-state index < -0.39 is 11.7 Å². The molecule has 0 bridgehead atoms. The first-order chi connectivity index (χ1) is 11.8. The van der Waals surface area contributed by atoms with Crippen molar-refractivity contribution in [1.82, 2.24) is 15.1 Å². The number of piperidine rings is 1. The van der Waals surface area contributed by atoms with Gasteiger partial charge in [-0.05, 0) is 50.0 Å². The van der Waals surface area contributed by atoms with E-state index in [1.54, 1.807) is 7.05 Å². The van der Waals surface area contributed by atoms with Gasteiger partial charge in [-0.3, -0.25) is 4.99 Å². The van der Waals surface area contributed by atoms with Gasteiger partial charge in [0.15, 0.2) is 5.96 Å². The Kier molecular flexibility index (Phi) is 6.70. The van der Waals surface area contributed by atoms with Gasteiger partial charge in [-0.1, -0.05) is 12.1 Å². The molecule has 140 valence electrons. The number of rotatable bonds is 4. The Morgan fingerprint density at radius 3 is 2.56 bits per heavy atom. The topological polar surface area (TPSA) is 30.9 Å². The van der Waals surface area contributed by atoms with Crippen molar-refractivity contribution in [3.05, 3.63) is 35.4 Å². The summed E-state index contributed by atoms with van der Waals surface area (Å²) in [5.41, 5.74) is 0.193. The van der Waals surface area contributed by atoms with E-state index in [0.29, 0.717) is 12.5 Å². The molecule has 25 heavy (non-hydrogen) atoms. The summed E-state index contributed by atoms with van der Waals surface area (Å²) in [6, 6.07) is 5.28. The molecule has 0 saturated carbocycles. The molecule has 1 saturated heterocycles. The highest BCUT2D eigenvalue weighted by atomic mass is 19.4. The highest BCUT2D eigenvalue weighted by Gasteiger charge is 2.30. The fourth-order valence-electron chi connectivity index (χ4n) is 3.21. The van der Waals surface area contributed by atoms with Crippen LogP contribution in [0.1, 0.15) is 24.0 Å². The molecule has 1 aromatic rings. The van der Waals surface area contributed by atoms with E-state index in [2.05, 4.69) is 22.3 Å². The van der Waals surface area contributed by atoms with E-state index in [0.717, 1.165) is 43.3 Å². The normalized spacial score (nSPS) is 19.8. The molecule has 7 heteroatoms. The quantitative estimate of drug-likeness (QED) is 0.665. The van der Waals surface area contributed by atoms with Crippen molar-refractivity contribution in [3.8, 4) is 0 Å². The molecule has 1 heterocycles. The summed E-state index contributed by atoms with van der Waals surface area (Å²) in [5.74, 6) is 1.35. The monoisotopic (exact) mass is 356 g/mol. The number of halogens is 3. The van der Waals surface area contributed by atoms with Crippen LogP contribution in [-0.4, -0.2) is 56.5 Å². The first-order valence-corrected chi connectivity index (χ1v) is 8.56. The SMILES string of the molecule is CN=C(NCC1CCCN(C)C1)N(C)Cc1ccc(C(F)(F)F)cc1. The number of hydrogen-bond donors (Lipinski definition) is 1. The second-order valence-corrected chi connectivity index (χ2v) is 6.75. The zero-order valence-electron chi connectivity index (χ0n) is 15.1. The molecule has 1 aromatic carbocycles. The van der Waals surface area contributed by atoms with Gasteiger partial charge in [0, 0.05) is 33.7 Å². The van der Waals surface area contributed by atoms with Gasteiger partial charge in [0.25, 0.3) is 0 Å². The van der Waals surface area contributed by atoms with Crippen molar-refractivity contribution in [2.24, 2.45) is 10.9 Å². The fourth-order valence-corrected chi connectivity index (χ4v) is 3.21. The zero-order valence-corrected chi connectivity index (χ0v) is 15.1. The Morgan fingerprint density at radius 2 is 2.00 bits per heavy atom. The maximum Gasteiger partial charge on any atom is 0.416 e. The molecule has 1 aliphatic rings. The molecule has 0 radical (unpaired) electrons. The summed E-state index contributed by atoms with van der Waals surface area (Å²) in [4.78, 5) is 8.55. The molecule has 0 aromatic heterocycles.